The second-order valence-electron chi connectivity index (χ2n) is 5.18. The topological polar surface area (TPSA) is 71.6 Å². The Morgan fingerprint density at radius 1 is 1.00 bits per heavy atom. The maximum absolute atomic E-state index is 12.1. The van der Waals surface area contributed by atoms with Crippen molar-refractivity contribution in [1.29, 1.82) is 0 Å². The molecule has 0 saturated carbocycles. The number of carbonyl (C=O) groups excluding carboxylic acids is 1. The van der Waals surface area contributed by atoms with Gasteiger partial charge in [0.05, 0.1) is 7.11 Å². The molecule has 27 heavy (non-hydrogen) atoms. The summed E-state index contributed by atoms with van der Waals surface area (Å²) in [5, 5.41) is 3.07. The second-order valence-corrected chi connectivity index (χ2v) is 5.59. The summed E-state index contributed by atoms with van der Waals surface area (Å²) in [6.45, 7) is 0.426. The monoisotopic (exact) mass is 399 g/mol. The van der Waals surface area contributed by atoms with Gasteiger partial charge in [0.1, 0.15) is 11.5 Å². The van der Waals surface area contributed by atoms with Crippen LogP contribution in [-0.2, 0) is 6.54 Å². The Hall–Kier alpha value is -3.01. The summed E-state index contributed by atoms with van der Waals surface area (Å²) in [7, 11) is 1.58. The number of hydrazine groups is 1. The predicted octanol–water partition coefficient (Wildman–Crippen LogP) is 2.90. The molecule has 0 aliphatic carbocycles. The normalized spacial score (nSPS) is 10.7. The minimum absolute atomic E-state index is 0.134. The van der Waals surface area contributed by atoms with E-state index in [4.69, 9.17) is 17.0 Å². The predicted molar refractivity (Wildman–Crippen MR) is 96.2 cm³/mol. The number of halogens is 3. The van der Waals surface area contributed by atoms with Crippen molar-refractivity contribution in [3.05, 3.63) is 59.7 Å². The highest BCUT2D eigenvalue weighted by atomic mass is 32.1. The summed E-state index contributed by atoms with van der Waals surface area (Å²) in [4.78, 5) is 12.0. The zero-order chi connectivity index (χ0) is 19.9. The first kappa shape index (κ1) is 20.3. The zero-order valence-corrected chi connectivity index (χ0v) is 14.9. The van der Waals surface area contributed by atoms with Crippen LogP contribution in [0.5, 0.6) is 11.5 Å². The largest absolute Gasteiger partial charge is 0.573 e. The van der Waals surface area contributed by atoms with Crippen molar-refractivity contribution >= 4 is 23.2 Å². The number of ether oxygens (including phenoxy) is 2. The Morgan fingerprint density at radius 3 is 2.15 bits per heavy atom. The quantitative estimate of drug-likeness (QED) is 0.531. The number of nitrogens with one attached hydrogen (secondary N) is 3. The molecule has 0 aliphatic heterocycles. The molecule has 0 atom stereocenters. The van der Waals surface area contributed by atoms with Crippen molar-refractivity contribution in [1.82, 2.24) is 16.2 Å². The van der Waals surface area contributed by atoms with E-state index in [9.17, 15) is 18.0 Å². The fourth-order valence-corrected chi connectivity index (χ4v) is 2.09. The lowest BCUT2D eigenvalue weighted by Gasteiger charge is -2.12. The van der Waals surface area contributed by atoms with Crippen LogP contribution in [0.1, 0.15) is 15.9 Å². The van der Waals surface area contributed by atoms with Crippen LogP contribution >= 0.6 is 12.2 Å². The second kappa shape index (κ2) is 9.08. The van der Waals surface area contributed by atoms with Crippen LogP contribution < -0.4 is 25.6 Å². The molecule has 0 fully saturated rings. The van der Waals surface area contributed by atoms with E-state index >= 15 is 0 Å². The number of hydrogen-bond acceptors (Lipinski definition) is 4. The van der Waals surface area contributed by atoms with Crippen LogP contribution in [0.4, 0.5) is 13.2 Å². The Balaban J connectivity index is 1.77. The van der Waals surface area contributed by atoms with Crippen LogP contribution in [-0.4, -0.2) is 24.5 Å². The van der Waals surface area contributed by atoms with E-state index in [1.165, 1.54) is 12.1 Å². The number of methoxy groups -OCH3 is 1. The molecule has 0 bridgehead atoms. The summed E-state index contributed by atoms with van der Waals surface area (Å²) >= 11 is 5.04. The molecule has 3 N–H and O–H groups in total. The fraction of sp³-hybridized carbons (Fsp3) is 0.176. The maximum Gasteiger partial charge on any atom is 0.573 e. The highest BCUT2D eigenvalue weighted by Gasteiger charge is 2.31. The first-order chi connectivity index (χ1) is 12.8. The van der Waals surface area contributed by atoms with Crippen LogP contribution in [0.2, 0.25) is 0 Å². The third-order valence-corrected chi connectivity index (χ3v) is 3.50. The van der Waals surface area contributed by atoms with Gasteiger partial charge in [-0.15, -0.1) is 13.2 Å². The van der Waals surface area contributed by atoms with Crippen molar-refractivity contribution in [2.24, 2.45) is 0 Å². The highest BCUT2D eigenvalue weighted by Crippen LogP contribution is 2.22. The smallest absolute Gasteiger partial charge is 0.497 e. The molecule has 0 heterocycles. The molecule has 6 nitrogen and oxygen atoms in total. The molecule has 144 valence electrons. The lowest BCUT2D eigenvalue weighted by Crippen LogP contribution is -2.46. The molecule has 0 saturated heterocycles. The third kappa shape index (κ3) is 7.02. The highest BCUT2D eigenvalue weighted by molar-refractivity contribution is 7.80. The first-order valence-electron chi connectivity index (χ1n) is 7.60. The molecule has 2 aromatic rings. The molecule has 0 aliphatic rings. The van der Waals surface area contributed by atoms with E-state index in [0.29, 0.717) is 6.54 Å². The molecular formula is C17H16F3N3O3S. The summed E-state index contributed by atoms with van der Waals surface area (Å²) in [5.41, 5.74) is 5.94. The van der Waals surface area contributed by atoms with Crippen LogP contribution in [0.3, 0.4) is 0 Å². The molecule has 10 heteroatoms. The van der Waals surface area contributed by atoms with E-state index in [1.54, 1.807) is 19.2 Å². The number of carbonyl (C=O) groups is 1. The van der Waals surface area contributed by atoms with Crippen molar-refractivity contribution in [2.75, 3.05) is 7.11 Å². The molecule has 0 unspecified atom stereocenters. The maximum atomic E-state index is 12.1. The molecule has 2 rings (SSSR count). The van der Waals surface area contributed by atoms with Gasteiger partial charge in [0.15, 0.2) is 5.11 Å². The zero-order valence-electron chi connectivity index (χ0n) is 14.1. The van der Waals surface area contributed by atoms with Crippen molar-refractivity contribution in [3.63, 3.8) is 0 Å². The molecular weight excluding hydrogens is 383 g/mol. The summed E-state index contributed by atoms with van der Waals surface area (Å²) in [6, 6.07) is 11.8. The minimum atomic E-state index is -4.78. The fourth-order valence-electron chi connectivity index (χ4n) is 1.96. The number of hydrogen-bond donors (Lipinski definition) is 3. The summed E-state index contributed by atoms with van der Waals surface area (Å²) in [5.74, 6) is -0.246. The molecule has 2 aromatic carbocycles. The number of benzene rings is 2. The number of rotatable bonds is 5. The lowest BCUT2D eigenvalue weighted by molar-refractivity contribution is -0.274. The SMILES string of the molecule is COc1ccc(CNC(=S)NNC(=O)c2ccc(OC(F)(F)F)cc2)cc1. The van der Waals surface area contributed by atoms with Gasteiger partial charge in [0.2, 0.25) is 0 Å². The van der Waals surface area contributed by atoms with Gasteiger partial charge in [-0.25, -0.2) is 0 Å². The van der Waals surface area contributed by atoms with Gasteiger partial charge in [-0.05, 0) is 54.2 Å². The Labute approximate surface area is 158 Å². The molecule has 1 amide bonds. The van der Waals surface area contributed by atoms with Gasteiger partial charge in [0, 0.05) is 12.1 Å². The Bertz CT molecular complexity index is 781. The molecule has 0 spiro atoms. The van der Waals surface area contributed by atoms with Gasteiger partial charge >= 0.3 is 6.36 Å². The number of amides is 1. The van der Waals surface area contributed by atoms with Gasteiger partial charge < -0.3 is 14.8 Å². The summed E-state index contributed by atoms with van der Waals surface area (Å²) < 4.78 is 45.1. The average molecular weight is 399 g/mol. The van der Waals surface area contributed by atoms with E-state index in [1.807, 2.05) is 12.1 Å². The minimum Gasteiger partial charge on any atom is -0.497 e. The van der Waals surface area contributed by atoms with E-state index in [2.05, 4.69) is 20.9 Å². The number of thiocarbonyl (C=S) groups is 1. The van der Waals surface area contributed by atoms with E-state index in [-0.39, 0.29) is 10.7 Å². The van der Waals surface area contributed by atoms with Crippen LogP contribution in [0.25, 0.3) is 0 Å². The van der Waals surface area contributed by atoms with E-state index < -0.39 is 18.0 Å². The first-order valence-corrected chi connectivity index (χ1v) is 8.00. The Morgan fingerprint density at radius 2 is 1.59 bits per heavy atom. The van der Waals surface area contributed by atoms with Crippen LogP contribution in [0, 0.1) is 0 Å². The van der Waals surface area contributed by atoms with Gasteiger partial charge in [-0.1, -0.05) is 12.1 Å². The average Bonchev–Trinajstić information content (AvgIpc) is 2.64. The van der Waals surface area contributed by atoms with Gasteiger partial charge in [-0.3, -0.25) is 15.6 Å². The van der Waals surface area contributed by atoms with Crippen molar-refractivity contribution in [3.8, 4) is 11.5 Å². The number of alkyl halides is 3. The Kier molecular flexibility index (Phi) is 6.83. The van der Waals surface area contributed by atoms with E-state index in [0.717, 1.165) is 23.4 Å². The summed E-state index contributed by atoms with van der Waals surface area (Å²) in [6.07, 6.45) is -4.78. The van der Waals surface area contributed by atoms with Gasteiger partial charge in [0.25, 0.3) is 5.91 Å². The molecule has 0 radical (unpaired) electrons. The molecule has 0 aromatic heterocycles. The lowest BCUT2D eigenvalue weighted by atomic mass is 10.2. The third-order valence-electron chi connectivity index (χ3n) is 3.25. The van der Waals surface area contributed by atoms with Crippen molar-refractivity contribution < 1.29 is 27.4 Å². The standard InChI is InChI=1S/C17H16F3N3O3S/c1-25-13-6-2-11(3-7-13)10-21-16(27)23-22-15(24)12-4-8-14(9-5-12)26-17(18,19)20/h2-9H,10H2,1H3,(H,22,24)(H2,21,23,27). The van der Waals surface area contributed by atoms with Gasteiger partial charge in [-0.2, -0.15) is 0 Å². The van der Waals surface area contributed by atoms with Crippen molar-refractivity contribution in [2.45, 2.75) is 12.9 Å². The van der Waals surface area contributed by atoms with Crippen LogP contribution in [0.15, 0.2) is 48.5 Å².